The Morgan fingerprint density at radius 2 is 1.68 bits per heavy atom. The second-order valence-corrected chi connectivity index (χ2v) is 6.99. The average Bonchev–Trinajstić information content (AvgIpc) is 3.07. The number of ketones is 1. The van der Waals surface area contributed by atoms with Gasteiger partial charge in [-0.05, 0) is 28.0 Å². The SMILES string of the molecule is COC(=O)C(=O)C[C@@H](c1ccc2ccccc2c1)c1cn(C)c2ccccc12. The maximum Gasteiger partial charge on any atom is 0.374 e. The molecule has 4 nitrogen and oxygen atoms in total. The summed E-state index contributed by atoms with van der Waals surface area (Å²) in [6, 6.07) is 22.4. The first-order valence-electron chi connectivity index (χ1n) is 9.22. The number of hydrogen-bond donors (Lipinski definition) is 0. The smallest absolute Gasteiger partial charge is 0.374 e. The molecule has 0 radical (unpaired) electrons. The van der Waals surface area contributed by atoms with Crippen LogP contribution in [0.5, 0.6) is 0 Å². The second kappa shape index (κ2) is 7.31. The van der Waals surface area contributed by atoms with Crippen molar-refractivity contribution in [2.45, 2.75) is 12.3 Å². The molecule has 0 fully saturated rings. The first-order chi connectivity index (χ1) is 13.6. The Balaban J connectivity index is 1.87. The summed E-state index contributed by atoms with van der Waals surface area (Å²) < 4.78 is 6.71. The Labute approximate surface area is 163 Å². The maximum absolute atomic E-state index is 12.5. The molecule has 0 aliphatic heterocycles. The quantitative estimate of drug-likeness (QED) is 0.381. The first kappa shape index (κ1) is 18.0. The van der Waals surface area contributed by atoms with Gasteiger partial charge in [0.15, 0.2) is 0 Å². The van der Waals surface area contributed by atoms with Crippen molar-refractivity contribution in [2.24, 2.45) is 7.05 Å². The zero-order valence-electron chi connectivity index (χ0n) is 15.9. The number of para-hydroxylation sites is 1. The highest BCUT2D eigenvalue weighted by Gasteiger charge is 2.26. The van der Waals surface area contributed by atoms with Crippen LogP contribution in [0.1, 0.15) is 23.5 Å². The number of ether oxygens (including phenoxy) is 1. The molecule has 28 heavy (non-hydrogen) atoms. The van der Waals surface area contributed by atoms with Crippen LogP contribution in [-0.4, -0.2) is 23.4 Å². The monoisotopic (exact) mass is 371 g/mol. The van der Waals surface area contributed by atoms with Crippen molar-refractivity contribution in [2.75, 3.05) is 7.11 Å². The molecule has 3 aromatic carbocycles. The van der Waals surface area contributed by atoms with Crippen LogP contribution in [-0.2, 0) is 21.4 Å². The maximum atomic E-state index is 12.5. The third-order valence-corrected chi connectivity index (χ3v) is 5.28. The van der Waals surface area contributed by atoms with Gasteiger partial charge in [-0.1, -0.05) is 60.7 Å². The van der Waals surface area contributed by atoms with Crippen LogP contribution in [0.4, 0.5) is 0 Å². The van der Waals surface area contributed by atoms with Crippen molar-refractivity contribution in [3.63, 3.8) is 0 Å². The highest BCUT2D eigenvalue weighted by atomic mass is 16.5. The molecule has 0 aliphatic rings. The number of fused-ring (bicyclic) bond motifs is 2. The van der Waals surface area contributed by atoms with Crippen molar-refractivity contribution in [3.8, 4) is 0 Å². The van der Waals surface area contributed by atoms with Gasteiger partial charge in [0.25, 0.3) is 0 Å². The van der Waals surface area contributed by atoms with E-state index in [2.05, 4.69) is 51.9 Å². The zero-order valence-corrected chi connectivity index (χ0v) is 15.9. The van der Waals surface area contributed by atoms with Crippen molar-refractivity contribution < 1.29 is 14.3 Å². The van der Waals surface area contributed by atoms with E-state index in [4.69, 9.17) is 0 Å². The highest BCUT2D eigenvalue weighted by molar-refractivity contribution is 6.33. The lowest BCUT2D eigenvalue weighted by Crippen LogP contribution is -2.19. The fourth-order valence-electron chi connectivity index (χ4n) is 3.87. The van der Waals surface area contributed by atoms with E-state index in [-0.39, 0.29) is 12.3 Å². The number of benzene rings is 3. The largest absolute Gasteiger partial charge is 0.463 e. The number of nitrogens with zero attached hydrogens (tertiary/aromatic N) is 1. The van der Waals surface area contributed by atoms with E-state index in [9.17, 15) is 9.59 Å². The van der Waals surface area contributed by atoms with Gasteiger partial charge in [-0.2, -0.15) is 0 Å². The van der Waals surface area contributed by atoms with Crippen LogP contribution >= 0.6 is 0 Å². The summed E-state index contributed by atoms with van der Waals surface area (Å²) in [5.41, 5.74) is 3.13. The summed E-state index contributed by atoms with van der Waals surface area (Å²) in [5.74, 6) is -1.55. The van der Waals surface area contributed by atoms with Crippen molar-refractivity contribution >= 4 is 33.4 Å². The third-order valence-electron chi connectivity index (χ3n) is 5.28. The van der Waals surface area contributed by atoms with E-state index in [1.54, 1.807) is 0 Å². The van der Waals surface area contributed by atoms with E-state index in [1.165, 1.54) is 7.11 Å². The predicted octanol–water partition coefficient (Wildman–Crippen LogP) is 4.60. The van der Waals surface area contributed by atoms with Gasteiger partial charge < -0.3 is 9.30 Å². The number of hydrogen-bond acceptors (Lipinski definition) is 3. The molecule has 0 aliphatic carbocycles. The highest BCUT2D eigenvalue weighted by Crippen LogP contribution is 2.35. The van der Waals surface area contributed by atoms with Gasteiger partial charge in [-0.15, -0.1) is 0 Å². The minimum atomic E-state index is -0.800. The summed E-state index contributed by atoms with van der Waals surface area (Å²) in [6.07, 6.45) is 2.12. The molecule has 4 aromatic rings. The number of rotatable bonds is 5. The van der Waals surface area contributed by atoms with E-state index >= 15 is 0 Å². The molecular weight excluding hydrogens is 350 g/mol. The van der Waals surface area contributed by atoms with Crippen molar-refractivity contribution in [1.29, 1.82) is 0 Å². The lowest BCUT2D eigenvalue weighted by atomic mass is 9.86. The van der Waals surface area contributed by atoms with Crippen LogP contribution in [0.25, 0.3) is 21.7 Å². The van der Waals surface area contributed by atoms with Gasteiger partial charge in [0.1, 0.15) is 0 Å². The molecule has 140 valence electrons. The molecule has 1 atom stereocenters. The molecule has 1 heterocycles. The van der Waals surface area contributed by atoms with Gasteiger partial charge in [0.2, 0.25) is 5.78 Å². The number of methoxy groups -OCH3 is 1. The normalized spacial score (nSPS) is 12.2. The van der Waals surface area contributed by atoms with Gasteiger partial charge >= 0.3 is 5.97 Å². The van der Waals surface area contributed by atoms with E-state index < -0.39 is 11.8 Å². The standard InChI is InChI=1S/C24H21NO3/c1-25-15-21(19-9-5-6-10-22(19)25)20(14-23(26)24(27)28-2)18-12-11-16-7-3-4-8-17(16)13-18/h3-13,15,20H,14H2,1-2H3/t20-/m0/s1. The number of aryl methyl sites for hydroxylation is 1. The van der Waals surface area contributed by atoms with Crippen molar-refractivity contribution in [3.05, 3.63) is 84.1 Å². The zero-order chi connectivity index (χ0) is 19.7. The fourth-order valence-corrected chi connectivity index (χ4v) is 3.87. The molecule has 0 bridgehead atoms. The molecule has 4 heteroatoms. The number of carbonyl (C=O) groups is 2. The Bertz CT molecular complexity index is 1190. The van der Waals surface area contributed by atoms with Gasteiger partial charge in [-0.3, -0.25) is 4.79 Å². The molecule has 0 spiro atoms. The summed E-state index contributed by atoms with van der Waals surface area (Å²) in [4.78, 5) is 24.3. The van der Waals surface area contributed by atoms with Crippen LogP contribution < -0.4 is 0 Å². The summed E-state index contributed by atoms with van der Waals surface area (Å²) >= 11 is 0. The van der Waals surface area contributed by atoms with Crippen LogP contribution in [0.3, 0.4) is 0 Å². The minimum absolute atomic E-state index is 0.0685. The number of carbonyl (C=O) groups excluding carboxylic acids is 2. The Morgan fingerprint density at radius 3 is 2.46 bits per heavy atom. The number of Topliss-reactive ketones (excluding diaryl/α,β-unsaturated/α-hetero) is 1. The van der Waals surface area contributed by atoms with Gasteiger partial charge in [-0.25, -0.2) is 4.79 Å². The van der Waals surface area contributed by atoms with Crippen molar-refractivity contribution in [1.82, 2.24) is 4.57 Å². The molecule has 0 N–H and O–H groups in total. The second-order valence-electron chi connectivity index (χ2n) is 6.99. The van der Waals surface area contributed by atoms with E-state index in [0.717, 1.165) is 32.8 Å². The Hall–Kier alpha value is -3.40. The molecule has 0 saturated heterocycles. The van der Waals surface area contributed by atoms with Crippen LogP contribution in [0, 0.1) is 0 Å². The lowest BCUT2D eigenvalue weighted by molar-refractivity contribution is -0.151. The molecule has 4 rings (SSSR count). The van der Waals surface area contributed by atoms with Crippen LogP contribution in [0.15, 0.2) is 72.9 Å². The fraction of sp³-hybridized carbons (Fsp3) is 0.167. The molecule has 0 unspecified atom stereocenters. The molecular formula is C24H21NO3. The van der Waals surface area contributed by atoms with E-state index in [0.29, 0.717) is 0 Å². The number of esters is 1. The third kappa shape index (κ3) is 3.18. The summed E-state index contributed by atoms with van der Waals surface area (Å²) in [5, 5.41) is 3.33. The minimum Gasteiger partial charge on any atom is -0.463 e. The summed E-state index contributed by atoms with van der Waals surface area (Å²) in [7, 11) is 3.23. The number of aromatic nitrogens is 1. The summed E-state index contributed by atoms with van der Waals surface area (Å²) in [6.45, 7) is 0. The van der Waals surface area contributed by atoms with E-state index in [1.807, 2.05) is 37.4 Å². The van der Waals surface area contributed by atoms with Gasteiger partial charge in [0, 0.05) is 36.5 Å². The average molecular weight is 371 g/mol. The Kier molecular flexibility index (Phi) is 4.70. The molecule has 0 amide bonds. The molecule has 1 aromatic heterocycles. The van der Waals surface area contributed by atoms with Gasteiger partial charge in [0.05, 0.1) is 7.11 Å². The lowest BCUT2D eigenvalue weighted by Gasteiger charge is -2.17. The van der Waals surface area contributed by atoms with Crippen LogP contribution in [0.2, 0.25) is 0 Å². The topological polar surface area (TPSA) is 48.3 Å². The molecule has 0 saturated carbocycles. The predicted molar refractivity (Wildman–Crippen MR) is 110 cm³/mol. The Morgan fingerprint density at radius 1 is 0.964 bits per heavy atom. The first-order valence-corrected chi connectivity index (χ1v) is 9.22.